The van der Waals surface area contributed by atoms with Crippen LogP contribution in [0.2, 0.25) is 0 Å². The van der Waals surface area contributed by atoms with Crippen LogP contribution in [0.15, 0.2) is 115 Å². The smallest absolute Gasteiger partial charge is 0.325 e. The Bertz CT molecular complexity index is 1120. The van der Waals surface area contributed by atoms with Crippen molar-refractivity contribution < 1.29 is 19.0 Å². The van der Waals surface area contributed by atoms with Gasteiger partial charge in [0, 0.05) is 6.54 Å². The van der Waals surface area contributed by atoms with Crippen LogP contribution >= 0.6 is 0 Å². The average Bonchev–Trinajstić information content (AvgIpc) is 2.96. The molecular weight excluding hydrogens is 450 g/mol. The highest BCUT2D eigenvalue weighted by Gasteiger charge is 2.38. The molecule has 0 amide bonds. The van der Waals surface area contributed by atoms with Crippen molar-refractivity contribution in [3.63, 3.8) is 0 Å². The molecule has 4 aromatic carbocycles. The zero-order valence-electron chi connectivity index (χ0n) is 20.6. The lowest BCUT2D eigenvalue weighted by atomic mass is 9.80. The molecule has 0 spiro atoms. The molecule has 1 N–H and O–H groups in total. The predicted octanol–water partition coefficient (Wildman–Crippen LogP) is 5.34. The number of ether oxygens (including phenoxy) is 3. The Kier molecular flexibility index (Phi) is 8.50. The van der Waals surface area contributed by atoms with E-state index in [0.717, 1.165) is 28.0 Å². The Morgan fingerprint density at radius 1 is 0.722 bits per heavy atom. The summed E-state index contributed by atoms with van der Waals surface area (Å²) in [7, 11) is 3.03. The second-order valence-electron chi connectivity index (χ2n) is 8.39. The largest absolute Gasteiger partial charge is 0.497 e. The van der Waals surface area contributed by atoms with Crippen LogP contribution in [-0.4, -0.2) is 32.8 Å². The fourth-order valence-electron chi connectivity index (χ4n) is 4.31. The Morgan fingerprint density at radius 3 is 1.61 bits per heavy atom. The summed E-state index contributed by atoms with van der Waals surface area (Å²) in [5.74, 6) is 0.400. The summed E-state index contributed by atoms with van der Waals surface area (Å²) < 4.78 is 17.2. The van der Waals surface area contributed by atoms with Crippen LogP contribution in [0.3, 0.4) is 0 Å². The first-order chi connectivity index (χ1) is 17.7. The molecule has 36 heavy (non-hydrogen) atoms. The second kappa shape index (κ2) is 12.2. The van der Waals surface area contributed by atoms with Gasteiger partial charge in [-0.2, -0.15) is 0 Å². The molecule has 184 valence electrons. The van der Waals surface area contributed by atoms with Gasteiger partial charge in [0.15, 0.2) is 0 Å². The molecule has 5 nitrogen and oxygen atoms in total. The molecule has 5 heteroatoms. The quantitative estimate of drug-likeness (QED) is 0.232. The van der Waals surface area contributed by atoms with E-state index >= 15 is 0 Å². The Balaban J connectivity index is 1.68. The summed E-state index contributed by atoms with van der Waals surface area (Å²) in [4.78, 5) is 12.8. The van der Waals surface area contributed by atoms with E-state index in [9.17, 15) is 4.79 Å². The molecule has 0 saturated heterocycles. The number of methoxy groups -OCH3 is 2. The summed E-state index contributed by atoms with van der Waals surface area (Å²) in [6.45, 7) is 0.573. The normalized spacial score (nSPS) is 12.1. The van der Waals surface area contributed by atoms with Gasteiger partial charge in [-0.1, -0.05) is 103 Å². The lowest BCUT2D eigenvalue weighted by molar-refractivity contribution is -0.146. The van der Waals surface area contributed by atoms with Gasteiger partial charge in [0.2, 0.25) is 0 Å². The maximum Gasteiger partial charge on any atom is 0.325 e. The number of nitrogens with one attached hydrogen (secondary N) is 1. The highest BCUT2D eigenvalue weighted by Crippen LogP contribution is 2.40. The van der Waals surface area contributed by atoms with Gasteiger partial charge in [-0.05, 0) is 34.4 Å². The predicted molar refractivity (Wildman–Crippen MR) is 141 cm³/mol. The van der Waals surface area contributed by atoms with E-state index in [1.807, 2.05) is 78.9 Å². The third kappa shape index (κ3) is 5.65. The maximum absolute atomic E-state index is 12.8. The summed E-state index contributed by atoms with van der Waals surface area (Å²) in [6.07, 6.45) is 0. The van der Waals surface area contributed by atoms with E-state index in [4.69, 9.17) is 14.2 Å². The van der Waals surface area contributed by atoms with Gasteiger partial charge in [-0.25, -0.2) is 0 Å². The van der Waals surface area contributed by atoms with Crippen LogP contribution in [0.25, 0.3) is 0 Å². The van der Waals surface area contributed by atoms with Crippen LogP contribution in [0.5, 0.6) is 5.75 Å². The minimum Gasteiger partial charge on any atom is -0.497 e. The lowest BCUT2D eigenvalue weighted by Crippen LogP contribution is -2.44. The van der Waals surface area contributed by atoms with Crippen molar-refractivity contribution in [2.24, 2.45) is 0 Å². The van der Waals surface area contributed by atoms with Crippen molar-refractivity contribution in [3.8, 4) is 5.75 Å². The molecule has 0 bridgehead atoms. The number of esters is 1. The highest BCUT2D eigenvalue weighted by molar-refractivity contribution is 5.75. The van der Waals surface area contributed by atoms with E-state index < -0.39 is 11.6 Å². The molecule has 1 atom stereocenters. The minimum atomic E-state index is -0.919. The van der Waals surface area contributed by atoms with E-state index in [1.54, 1.807) is 7.11 Å². The lowest BCUT2D eigenvalue weighted by Gasteiger charge is -2.37. The molecule has 0 radical (unpaired) electrons. The van der Waals surface area contributed by atoms with Crippen LogP contribution in [-0.2, 0) is 26.4 Å². The second-order valence-corrected chi connectivity index (χ2v) is 8.39. The van der Waals surface area contributed by atoms with Gasteiger partial charge < -0.3 is 14.2 Å². The standard InChI is InChI=1S/C31H31NO4/c1-34-28-20-18-24(19-21-28)22-32-29(30(33)35-2)23-36-31(25-12-6-3-7-13-25,26-14-8-4-9-15-26)27-16-10-5-11-17-27/h3-21,29,32H,22-23H2,1-2H3/t29-/m0/s1. The Hall–Kier alpha value is -3.93. The third-order valence-corrected chi connectivity index (χ3v) is 6.20. The number of carbonyl (C=O) groups is 1. The van der Waals surface area contributed by atoms with Crippen molar-refractivity contribution in [3.05, 3.63) is 138 Å². The van der Waals surface area contributed by atoms with Crippen molar-refractivity contribution >= 4 is 5.97 Å². The van der Waals surface area contributed by atoms with Crippen molar-refractivity contribution in [1.82, 2.24) is 5.32 Å². The summed E-state index contributed by atoms with van der Waals surface area (Å²) in [5.41, 5.74) is 3.02. The SMILES string of the molecule is COC(=O)[C@H](COC(c1ccccc1)(c1ccccc1)c1ccccc1)NCc1ccc(OC)cc1. The molecule has 0 unspecified atom stereocenters. The van der Waals surface area contributed by atoms with Gasteiger partial charge in [-0.15, -0.1) is 0 Å². The van der Waals surface area contributed by atoms with Crippen LogP contribution in [0.1, 0.15) is 22.3 Å². The zero-order chi connectivity index (χ0) is 25.2. The fraction of sp³-hybridized carbons (Fsp3) is 0.194. The van der Waals surface area contributed by atoms with Crippen molar-refractivity contribution in [2.45, 2.75) is 18.2 Å². The van der Waals surface area contributed by atoms with Gasteiger partial charge in [0.1, 0.15) is 17.4 Å². The van der Waals surface area contributed by atoms with Crippen molar-refractivity contribution in [2.75, 3.05) is 20.8 Å². The average molecular weight is 482 g/mol. The minimum absolute atomic E-state index is 0.0987. The van der Waals surface area contributed by atoms with Crippen LogP contribution < -0.4 is 10.1 Å². The number of carbonyl (C=O) groups excluding carboxylic acids is 1. The van der Waals surface area contributed by atoms with E-state index in [1.165, 1.54) is 7.11 Å². The van der Waals surface area contributed by atoms with Crippen molar-refractivity contribution in [1.29, 1.82) is 0 Å². The molecule has 0 aliphatic rings. The van der Waals surface area contributed by atoms with Gasteiger partial charge in [0.25, 0.3) is 0 Å². The molecule has 0 heterocycles. The van der Waals surface area contributed by atoms with Gasteiger partial charge in [-0.3, -0.25) is 10.1 Å². The molecule has 0 aliphatic heterocycles. The first-order valence-electron chi connectivity index (χ1n) is 11.9. The number of benzene rings is 4. The summed E-state index contributed by atoms with van der Waals surface area (Å²) in [6, 6.07) is 37.3. The summed E-state index contributed by atoms with van der Waals surface area (Å²) >= 11 is 0. The molecule has 4 aromatic rings. The molecule has 0 fully saturated rings. The summed E-state index contributed by atoms with van der Waals surface area (Å²) in [5, 5.41) is 3.31. The van der Waals surface area contributed by atoms with Gasteiger partial charge in [0.05, 0.1) is 20.8 Å². The Morgan fingerprint density at radius 2 is 1.19 bits per heavy atom. The molecular formula is C31H31NO4. The zero-order valence-corrected chi connectivity index (χ0v) is 20.6. The van der Waals surface area contributed by atoms with Crippen LogP contribution in [0, 0.1) is 0 Å². The van der Waals surface area contributed by atoms with E-state index in [0.29, 0.717) is 6.54 Å². The van der Waals surface area contributed by atoms with Gasteiger partial charge >= 0.3 is 5.97 Å². The van der Waals surface area contributed by atoms with E-state index in [2.05, 4.69) is 41.7 Å². The first kappa shape index (κ1) is 25.2. The topological polar surface area (TPSA) is 56.8 Å². The number of hydrogen-bond donors (Lipinski definition) is 1. The highest BCUT2D eigenvalue weighted by atomic mass is 16.5. The van der Waals surface area contributed by atoms with Crippen LogP contribution in [0.4, 0.5) is 0 Å². The monoisotopic (exact) mass is 481 g/mol. The maximum atomic E-state index is 12.8. The molecule has 0 saturated carbocycles. The molecule has 0 aliphatic carbocycles. The molecule has 0 aromatic heterocycles. The number of rotatable bonds is 11. The Labute approximate surface area is 212 Å². The molecule has 4 rings (SSSR count). The fourth-order valence-corrected chi connectivity index (χ4v) is 4.31. The third-order valence-electron chi connectivity index (χ3n) is 6.20. The first-order valence-corrected chi connectivity index (χ1v) is 11.9. The van der Waals surface area contributed by atoms with E-state index in [-0.39, 0.29) is 12.6 Å². The number of hydrogen-bond acceptors (Lipinski definition) is 5.